The summed E-state index contributed by atoms with van der Waals surface area (Å²) in [7, 11) is 4.04. The van der Waals surface area contributed by atoms with Gasteiger partial charge in [-0.2, -0.15) is 0 Å². The van der Waals surface area contributed by atoms with E-state index in [1.165, 1.54) is 0 Å². The van der Waals surface area contributed by atoms with Crippen molar-refractivity contribution in [2.75, 3.05) is 39.5 Å². The second kappa shape index (κ2) is 8.52. The summed E-state index contributed by atoms with van der Waals surface area (Å²) >= 11 is 0. The molecule has 0 radical (unpaired) electrons. The van der Waals surface area contributed by atoms with Gasteiger partial charge in [0.15, 0.2) is 0 Å². The van der Waals surface area contributed by atoms with Gasteiger partial charge in [-0.05, 0) is 44.6 Å². The molecule has 118 valence electrons. The number of nitrogen functional groups attached to an aromatic ring is 1. The quantitative estimate of drug-likeness (QED) is 0.568. The summed E-state index contributed by atoms with van der Waals surface area (Å²) in [6, 6.07) is 5.14. The summed E-state index contributed by atoms with van der Waals surface area (Å²) in [6.45, 7) is 6.31. The standard InChI is InChI=1S/C16H27N3O2/c1-12(2)11-18-16(20)13-6-7-14(17)15(10-13)21-9-5-8-19(3)4/h6-7,10,12H,5,8-9,11,17H2,1-4H3,(H,18,20). The molecule has 0 aliphatic heterocycles. The molecule has 1 aromatic carbocycles. The minimum absolute atomic E-state index is 0.0955. The normalized spacial score (nSPS) is 11.0. The first-order valence-electron chi connectivity index (χ1n) is 7.35. The van der Waals surface area contributed by atoms with Gasteiger partial charge in [-0.1, -0.05) is 13.8 Å². The predicted octanol–water partition coefficient (Wildman–Crippen LogP) is 1.99. The van der Waals surface area contributed by atoms with Gasteiger partial charge < -0.3 is 20.7 Å². The molecular weight excluding hydrogens is 266 g/mol. The highest BCUT2D eigenvalue weighted by molar-refractivity contribution is 5.95. The van der Waals surface area contributed by atoms with Crippen LogP contribution in [0.15, 0.2) is 18.2 Å². The van der Waals surface area contributed by atoms with Crippen LogP contribution in [0.25, 0.3) is 0 Å². The topological polar surface area (TPSA) is 67.6 Å². The fraction of sp³-hybridized carbons (Fsp3) is 0.562. The Balaban J connectivity index is 2.60. The van der Waals surface area contributed by atoms with E-state index < -0.39 is 0 Å². The average molecular weight is 293 g/mol. The number of nitrogens with zero attached hydrogens (tertiary/aromatic N) is 1. The summed E-state index contributed by atoms with van der Waals surface area (Å²) in [6.07, 6.45) is 0.913. The van der Waals surface area contributed by atoms with Crippen LogP contribution in [0, 0.1) is 5.92 Å². The number of hydrogen-bond acceptors (Lipinski definition) is 4. The van der Waals surface area contributed by atoms with Gasteiger partial charge in [-0.25, -0.2) is 0 Å². The van der Waals surface area contributed by atoms with E-state index in [9.17, 15) is 4.79 Å². The molecule has 1 rings (SSSR count). The lowest BCUT2D eigenvalue weighted by atomic mass is 10.1. The highest BCUT2D eigenvalue weighted by Gasteiger charge is 2.09. The van der Waals surface area contributed by atoms with Gasteiger partial charge in [0.2, 0.25) is 0 Å². The fourth-order valence-electron chi connectivity index (χ4n) is 1.76. The molecule has 5 heteroatoms. The lowest BCUT2D eigenvalue weighted by Crippen LogP contribution is -2.27. The van der Waals surface area contributed by atoms with E-state index in [-0.39, 0.29) is 5.91 Å². The number of anilines is 1. The van der Waals surface area contributed by atoms with Crippen molar-refractivity contribution in [1.29, 1.82) is 0 Å². The van der Waals surface area contributed by atoms with E-state index in [1.807, 2.05) is 14.1 Å². The van der Waals surface area contributed by atoms with Crippen LogP contribution >= 0.6 is 0 Å². The van der Waals surface area contributed by atoms with Crippen LogP contribution < -0.4 is 15.8 Å². The molecule has 0 atom stereocenters. The number of nitrogens with one attached hydrogen (secondary N) is 1. The minimum Gasteiger partial charge on any atom is -0.491 e. The molecule has 0 heterocycles. The van der Waals surface area contributed by atoms with Crippen LogP contribution in [0.4, 0.5) is 5.69 Å². The Morgan fingerprint density at radius 1 is 1.38 bits per heavy atom. The van der Waals surface area contributed by atoms with E-state index >= 15 is 0 Å². The zero-order valence-corrected chi connectivity index (χ0v) is 13.5. The predicted molar refractivity (Wildman–Crippen MR) is 86.7 cm³/mol. The van der Waals surface area contributed by atoms with E-state index in [0.29, 0.717) is 36.1 Å². The Morgan fingerprint density at radius 3 is 2.71 bits per heavy atom. The highest BCUT2D eigenvalue weighted by Crippen LogP contribution is 2.23. The maximum atomic E-state index is 12.0. The van der Waals surface area contributed by atoms with Crippen molar-refractivity contribution in [3.05, 3.63) is 23.8 Å². The van der Waals surface area contributed by atoms with Crippen molar-refractivity contribution >= 4 is 11.6 Å². The van der Waals surface area contributed by atoms with Crippen LogP contribution in [0.1, 0.15) is 30.6 Å². The molecule has 1 amide bonds. The fourth-order valence-corrected chi connectivity index (χ4v) is 1.76. The van der Waals surface area contributed by atoms with Gasteiger partial charge in [0.1, 0.15) is 5.75 Å². The maximum Gasteiger partial charge on any atom is 0.251 e. The first-order chi connectivity index (χ1) is 9.90. The van der Waals surface area contributed by atoms with Crippen molar-refractivity contribution < 1.29 is 9.53 Å². The molecule has 5 nitrogen and oxygen atoms in total. The summed E-state index contributed by atoms with van der Waals surface area (Å²) in [5.74, 6) is 0.900. The third-order valence-electron chi connectivity index (χ3n) is 2.95. The van der Waals surface area contributed by atoms with Crippen molar-refractivity contribution in [3.63, 3.8) is 0 Å². The molecule has 1 aromatic rings. The highest BCUT2D eigenvalue weighted by atomic mass is 16.5. The largest absolute Gasteiger partial charge is 0.491 e. The number of hydrogen-bond donors (Lipinski definition) is 2. The van der Waals surface area contributed by atoms with Gasteiger partial charge in [-0.3, -0.25) is 4.79 Å². The average Bonchev–Trinajstić information content (AvgIpc) is 2.42. The molecule has 0 unspecified atom stereocenters. The van der Waals surface area contributed by atoms with E-state index in [0.717, 1.165) is 13.0 Å². The van der Waals surface area contributed by atoms with Crippen LogP contribution in [0.3, 0.4) is 0 Å². The molecule has 3 N–H and O–H groups in total. The van der Waals surface area contributed by atoms with Gasteiger partial charge in [-0.15, -0.1) is 0 Å². The summed E-state index contributed by atoms with van der Waals surface area (Å²) in [5.41, 5.74) is 7.02. The second-order valence-electron chi connectivity index (χ2n) is 5.86. The Labute approximate surface area is 127 Å². The Bertz CT molecular complexity index is 459. The lowest BCUT2D eigenvalue weighted by Gasteiger charge is -2.13. The van der Waals surface area contributed by atoms with Gasteiger partial charge in [0.25, 0.3) is 5.91 Å². The molecule has 0 aliphatic rings. The maximum absolute atomic E-state index is 12.0. The van der Waals surface area contributed by atoms with Crippen molar-refractivity contribution in [3.8, 4) is 5.75 Å². The van der Waals surface area contributed by atoms with Gasteiger partial charge in [0, 0.05) is 18.7 Å². The second-order valence-corrected chi connectivity index (χ2v) is 5.86. The number of carbonyl (C=O) groups is 1. The molecule has 0 saturated carbocycles. The third kappa shape index (κ3) is 6.49. The van der Waals surface area contributed by atoms with Crippen molar-refractivity contribution in [2.24, 2.45) is 5.92 Å². The SMILES string of the molecule is CC(C)CNC(=O)c1ccc(N)c(OCCCN(C)C)c1. The summed E-state index contributed by atoms with van der Waals surface area (Å²) in [4.78, 5) is 14.1. The van der Waals surface area contributed by atoms with Crippen molar-refractivity contribution in [2.45, 2.75) is 20.3 Å². The number of nitrogens with two attached hydrogens (primary N) is 1. The van der Waals surface area contributed by atoms with Crippen LogP contribution in [0.5, 0.6) is 5.75 Å². The number of benzene rings is 1. The Morgan fingerprint density at radius 2 is 2.10 bits per heavy atom. The minimum atomic E-state index is -0.0955. The zero-order chi connectivity index (χ0) is 15.8. The number of rotatable bonds is 8. The van der Waals surface area contributed by atoms with E-state index in [1.54, 1.807) is 18.2 Å². The zero-order valence-electron chi connectivity index (χ0n) is 13.5. The number of amides is 1. The summed E-state index contributed by atoms with van der Waals surface area (Å²) in [5, 5.41) is 2.89. The third-order valence-corrected chi connectivity index (χ3v) is 2.95. The molecule has 0 spiro atoms. The molecule has 0 saturated heterocycles. The first kappa shape index (κ1) is 17.3. The Kier molecular flexibility index (Phi) is 7.02. The van der Waals surface area contributed by atoms with Crippen LogP contribution in [-0.4, -0.2) is 44.6 Å². The van der Waals surface area contributed by atoms with Crippen LogP contribution in [-0.2, 0) is 0 Å². The van der Waals surface area contributed by atoms with E-state index in [2.05, 4.69) is 24.1 Å². The Hall–Kier alpha value is -1.75. The van der Waals surface area contributed by atoms with Crippen LogP contribution in [0.2, 0.25) is 0 Å². The molecule has 0 bridgehead atoms. The van der Waals surface area contributed by atoms with Crippen molar-refractivity contribution in [1.82, 2.24) is 10.2 Å². The number of carbonyl (C=O) groups excluding carboxylic acids is 1. The van der Waals surface area contributed by atoms with Gasteiger partial charge >= 0.3 is 0 Å². The van der Waals surface area contributed by atoms with E-state index in [4.69, 9.17) is 10.5 Å². The monoisotopic (exact) mass is 293 g/mol. The number of ether oxygens (including phenoxy) is 1. The lowest BCUT2D eigenvalue weighted by molar-refractivity contribution is 0.0948. The van der Waals surface area contributed by atoms with Gasteiger partial charge in [0.05, 0.1) is 12.3 Å². The molecule has 0 aliphatic carbocycles. The first-order valence-corrected chi connectivity index (χ1v) is 7.35. The molecule has 0 aromatic heterocycles. The smallest absolute Gasteiger partial charge is 0.251 e. The molecule has 21 heavy (non-hydrogen) atoms. The molecular formula is C16H27N3O2. The summed E-state index contributed by atoms with van der Waals surface area (Å²) < 4.78 is 5.67. The molecule has 0 fully saturated rings.